The van der Waals surface area contributed by atoms with E-state index in [4.69, 9.17) is 11.6 Å². The third-order valence-electron chi connectivity index (χ3n) is 2.45. The second kappa shape index (κ2) is 5.31. The molecule has 0 aromatic heterocycles. The van der Waals surface area contributed by atoms with Crippen molar-refractivity contribution in [3.63, 3.8) is 0 Å². The van der Waals surface area contributed by atoms with E-state index in [9.17, 15) is 13.2 Å². The quantitative estimate of drug-likeness (QED) is 0.874. The van der Waals surface area contributed by atoms with E-state index < -0.39 is 17.5 Å². The van der Waals surface area contributed by atoms with E-state index in [1.807, 2.05) is 0 Å². The van der Waals surface area contributed by atoms with Crippen LogP contribution in [0.3, 0.4) is 0 Å². The molecule has 0 amide bonds. The topological polar surface area (TPSA) is 12.0 Å². The van der Waals surface area contributed by atoms with Gasteiger partial charge in [-0.3, -0.25) is 0 Å². The maximum absolute atomic E-state index is 13.3. The molecule has 2 rings (SSSR count). The number of anilines is 1. The van der Waals surface area contributed by atoms with Crippen LogP contribution in [0.5, 0.6) is 0 Å². The standard InChI is InChI=1S/C13H9ClF3N/c14-12-8(3-1-4-9(12)15)7-18-13-10(16)5-2-6-11(13)17/h1-6,18H,7H2. The first-order valence-electron chi connectivity index (χ1n) is 5.20. The van der Waals surface area contributed by atoms with E-state index in [1.165, 1.54) is 18.2 Å². The van der Waals surface area contributed by atoms with Crippen LogP contribution in [0.25, 0.3) is 0 Å². The van der Waals surface area contributed by atoms with Crippen molar-refractivity contribution in [2.45, 2.75) is 6.54 Å². The normalized spacial score (nSPS) is 10.4. The van der Waals surface area contributed by atoms with Crippen molar-refractivity contribution in [1.29, 1.82) is 0 Å². The van der Waals surface area contributed by atoms with Gasteiger partial charge in [-0.05, 0) is 23.8 Å². The molecule has 0 radical (unpaired) electrons. The molecule has 0 spiro atoms. The molecule has 2 aromatic rings. The van der Waals surface area contributed by atoms with Crippen molar-refractivity contribution < 1.29 is 13.2 Å². The molecule has 0 fully saturated rings. The second-order valence-electron chi connectivity index (χ2n) is 3.66. The van der Waals surface area contributed by atoms with E-state index in [0.717, 1.165) is 12.1 Å². The van der Waals surface area contributed by atoms with E-state index in [1.54, 1.807) is 6.07 Å². The summed E-state index contributed by atoms with van der Waals surface area (Å²) in [6.45, 7) is 0.0362. The molecule has 0 unspecified atom stereocenters. The van der Waals surface area contributed by atoms with Gasteiger partial charge in [0.2, 0.25) is 0 Å². The zero-order valence-electron chi connectivity index (χ0n) is 9.18. The summed E-state index contributed by atoms with van der Waals surface area (Å²) in [6.07, 6.45) is 0. The minimum Gasteiger partial charge on any atom is -0.376 e. The lowest BCUT2D eigenvalue weighted by molar-refractivity contribution is 0.588. The molecular weight excluding hydrogens is 263 g/mol. The van der Waals surface area contributed by atoms with Crippen LogP contribution in [-0.2, 0) is 6.54 Å². The third kappa shape index (κ3) is 2.59. The smallest absolute Gasteiger partial charge is 0.149 e. The molecule has 0 heterocycles. The first kappa shape index (κ1) is 12.8. The van der Waals surface area contributed by atoms with Gasteiger partial charge in [0.1, 0.15) is 23.1 Å². The van der Waals surface area contributed by atoms with Gasteiger partial charge in [-0.2, -0.15) is 0 Å². The fraction of sp³-hybridized carbons (Fsp3) is 0.0769. The molecule has 0 aliphatic rings. The Balaban J connectivity index is 2.19. The SMILES string of the molecule is Fc1cccc(CNc2c(F)cccc2F)c1Cl. The average molecular weight is 272 g/mol. The number of benzene rings is 2. The zero-order chi connectivity index (χ0) is 13.1. The Bertz CT molecular complexity index is 552. The Labute approximate surface area is 107 Å². The zero-order valence-corrected chi connectivity index (χ0v) is 9.94. The minimum absolute atomic E-state index is 0.0362. The van der Waals surface area contributed by atoms with Gasteiger partial charge >= 0.3 is 0 Å². The number of rotatable bonds is 3. The summed E-state index contributed by atoms with van der Waals surface area (Å²) >= 11 is 5.74. The monoisotopic (exact) mass is 271 g/mol. The molecule has 2 aromatic carbocycles. The van der Waals surface area contributed by atoms with Gasteiger partial charge in [0.15, 0.2) is 0 Å². The molecule has 18 heavy (non-hydrogen) atoms. The fourth-order valence-electron chi connectivity index (χ4n) is 1.54. The first-order chi connectivity index (χ1) is 8.59. The maximum atomic E-state index is 13.3. The van der Waals surface area contributed by atoms with Gasteiger partial charge in [-0.15, -0.1) is 0 Å². The lowest BCUT2D eigenvalue weighted by Gasteiger charge is -2.10. The van der Waals surface area contributed by atoms with Crippen molar-refractivity contribution in [3.8, 4) is 0 Å². The number of halogens is 4. The molecular formula is C13H9ClF3N. The highest BCUT2D eigenvalue weighted by molar-refractivity contribution is 6.31. The van der Waals surface area contributed by atoms with Crippen LogP contribution < -0.4 is 5.32 Å². The van der Waals surface area contributed by atoms with E-state index >= 15 is 0 Å². The molecule has 1 N–H and O–H groups in total. The van der Waals surface area contributed by atoms with Gasteiger partial charge in [-0.1, -0.05) is 29.8 Å². The minimum atomic E-state index is -0.706. The lowest BCUT2D eigenvalue weighted by atomic mass is 10.2. The Morgan fingerprint density at radius 1 is 0.889 bits per heavy atom. The summed E-state index contributed by atoms with van der Waals surface area (Å²) in [4.78, 5) is 0. The van der Waals surface area contributed by atoms with Crippen molar-refractivity contribution in [2.24, 2.45) is 0 Å². The number of nitrogens with one attached hydrogen (secondary N) is 1. The third-order valence-corrected chi connectivity index (χ3v) is 2.87. The molecule has 1 nitrogen and oxygen atoms in total. The molecule has 0 aliphatic heterocycles. The highest BCUT2D eigenvalue weighted by Gasteiger charge is 2.10. The van der Waals surface area contributed by atoms with Crippen molar-refractivity contribution in [2.75, 3.05) is 5.32 Å². The van der Waals surface area contributed by atoms with Crippen molar-refractivity contribution in [3.05, 3.63) is 64.4 Å². The largest absolute Gasteiger partial charge is 0.376 e. The summed E-state index contributed by atoms with van der Waals surface area (Å²) in [5.41, 5.74) is 0.178. The summed E-state index contributed by atoms with van der Waals surface area (Å²) in [5.74, 6) is -1.98. The number of para-hydroxylation sites is 1. The molecule has 0 bridgehead atoms. The summed E-state index contributed by atoms with van der Waals surface area (Å²) in [7, 11) is 0. The van der Waals surface area contributed by atoms with Crippen LogP contribution in [-0.4, -0.2) is 0 Å². The summed E-state index contributed by atoms with van der Waals surface area (Å²) < 4.78 is 39.8. The fourth-order valence-corrected chi connectivity index (χ4v) is 1.73. The lowest BCUT2D eigenvalue weighted by Crippen LogP contribution is -2.04. The van der Waals surface area contributed by atoms with Crippen LogP contribution in [0.4, 0.5) is 18.9 Å². The van der Waals surface area contributed by atoms with Gasteiger partial charge < -0.3 is 5.32 Å². The first-order valence-corrected chi connectivity index (χ1v) is 5.58. The summed E-state index contributed by atoms with van der Waals surface area (Å²) in [5, 5.41) is 2.51. The maximum Gasteiger partial charge on any atom is 0.149 e. The van der Waals surface area contributed by atoms with E-state index in [0.29, 0.717) is 5.56 Å². The number of hydrogen-bond donors (Lipinski definition) is 1. The molecule has 94 valence electrons. The van der Waals surface area contributed by atoms with Crippen LogP contribution >= 0.6 is 11.6 Å². The highest BCUT2D eigenvalue weighted by Crippen LogP contribution is 2.23. The molecule has 0 saturated carbocycles. The Morgan fingerprint density at radius 3 is 2.11 bits per heavy atom. The Morgan fingerprint density at radius 2 is 1.44 bits per heavy atom. The number of hydrogen-bond acceptors (Lipinski definition) is 1. The van der Waals surface area contributed by atoms with E-state index in [2.05, 4.69) is 5.32 Å². The predicted octanol–water partition coefficient (Wildman–Crippen LogP) is 4.37. The predicted molar refractivity (Wildman–Crippen MR) is 65.1 cm³/mol. The molecule has 0 aliphatic carbocycles. The summed E-state index contributed by atoms with van der Waals surface area (Å²) in [6, 6.07) is 7.82. The van der Waals surface area contributed by atoms with Gasteiger partial charge in [0.05, 0.1) is 5.02 Å². The molecule has 5 heteroatoms. The van der Waals surface area contributed by atoms with Crippen LogP contribution in [0.15, 0.2) is 36.4 Å². The van der Waals surface area contributed by atoms with Crippen LogP contribution in [0.1, 0.15) is 5.56 Å². The molecule has 0 atom stereocenters. The van der Waals surface area contributed by atoms with Gasteiger partial charge in [0, 0.05) is 6.54 Å². The Hall–Kier alpha value is -1.68. The van der Waals surface area contributed by atoms with Gasteiger partial charge in [-0.25, -0.2) is 13.2 Å². The average Bonchev–Trinajstić information content (AvgIpc) is 2.33. The van der Waals surface area contributed by atoms with Gasteiger partial charge in [0.25, 0.3) is 0 Å². The highest BCUT2D eigenvalue weighted by atomic mass is 35.5. The van der Waals surface area contributed by atoms with Crippen LogP contribution in [0, 0.1) is 17.5 Å². The van der Waals surface area contributed by atoms with E-state index in [-0.39, 0.29) is 17.3 Å². The van der Waals surface area contributed by atoms with Crippen LogP contribution in [0.2, 0.25) is 5.02 Å². The van der Waals surface area contributed by atoms with Crippen molar-refractivity contribution >= 4 is 17.3 Å². The molecule has 0 saturated heterocycles. The van der Waals surface area contributed by atoms with Crippen molar-refractivity contribution in [1.82, 2.24) is 0 Å². The Kier molecular flexibility index (Phi) is 3.77. The second-order valence-corrected chi connectivity index (χ2v) is 4.04.